The Morgan fingerprint density at radius 3 is 2.21 bits per heavy atom. The average molecular weight is 263 g/mol. The molecule has 0 bridgehead atoms. The Bertz CT molecular complexity index is 448. The third kappa shape index (κ3) is 3.54. The van der Waals surface area contributed by atoms with Gasteiger partial charge >= 0.3 is 5.97 Å². The zero-order valence-corrected chi connectivity index (χ0v) is 10.8. The van der Waals surface area contributed by atoms with Crippen LogP contribution in [0.3, 0.4) is 0 Å². The lowest BCUT2D eigenvalue weighted by molar-refractivity contribution is -0.149. The summed E-state index contributed by atoms with van der Waals surface area (Å²) < 4.78 is 5.17. The van der Waals surface area contributed by atoms with Crippen molar-refractivity contribution < 1.29 is 19.4 Å². The van der Waals surface area contributed by atoms with Crippen LogP contribution < -0.4 is 5.32 Å². The van der Waals surface area contributed by atoms with E-state index in [9.17, 15) is 9.59 Å². The Morgan fingerprint density at radius 1 is 1.26 bits per heavy atom. The lowest BCUT2D eigenvalue weighted by Crippen LogP contribution is -2.41. The van der Waals surface area contributed by atoms with Crippen molar-refractivity contribution >= 4 is 11.9 Å². The van der Waals surface area contributed by atoms with E-state index in [2.05, 4.69) is 29.6 Å². The Morgan fingerprint density at radius 2 is 1.84 bits per heavy atom. The second kappa shape index (κ2) is 5.84. The molecule has 1 amide bonds. The molecule has 0 radical (unpaired) electrons. The maximum atomic E-state index is 10.6. The van der Waals surface area contributed by atoms with Crippen molar-refractivity contribution in [3.63, 3.8) is 0 Å². The van der Waals surface area contributed by atoms with E-state index < -0.39 is 18.1 Å². The summed E-state index contributed by atoms with van der Waals surface area (Å²) in [4.78, 5) is 21.3. The molecule has 1 aliphatic heterocycles. The van der Waals surface area contributed by atoms with Crippen LogP contribution in [0.4, 0.5) is 0 Å². The summed E-state index contributed by atoms with van der Waals surface area (Å²) in [5.74, 6) is -1.42. The fraction of sp³-hybridized carbons (Fsp3) is 0.429. The molecule has 0 spiro atoms. The van der Waals surface area contributed by atoms with Gasteiger partial charge in [0, 0.05) is 20.0 Å². The number of rotatable bonds is 2. The van der Waals surface area contributed by atoms with Crippen LogP contribution in [-0.2, 0) is 14.3 Å². The van der Waals surface area contributed by atoms with Crippen LogP contribution in [-0.4, -0.2) is 29.8 Å². The van der Waals surface area contributed by atoms with Crippen molar-refractivity contribution in [3.05, 3.63) is 24.3 Å². The summed E-state index contributed by atoms with van der Waals surface area (Å²) in [5, 5.41) is 11.3. The number of carboxylic acid groups (broad SMARTS) is 1. The summed E-state index contributed by atoms with van der Waals surface area (Å²) in [7, 11) is 0. The highest BCUT2D eigenvalue weighted by atomic mass is 16.5. The molecule has 0 aromatic carbocycles. The van der Waals surface area contributed by atoms with Crippen LogP contribution in [0, 0.1) is 5.92 Å². The van der Waals surface area contributed by atoms with Crippen molar-refractivity contribution in [2.45, 2.75) is 26.0 Å². The highest BCUT2D eigenvalue weighted by Gasteiger charge is 2.27. The smallest absolute Gasteiger partial charge is 0.306 e. The second-order valence-corrected chi connectivity index (χ2v) is 4.70. The van der Waals surface area contributed by atoms with Gasteiger partial charge < -0.3 is 15.2 Å². The van der Waals surface area contributed by atoms with Gasteiger partial charge in [0.1, 0.15) is 6.23 Å². The molecule has 5 heteroatoms. The number of carboxylic acids is 1. The van der Waals surface area contributed by atoms with Gasteiger partial charge in [-0.15, -0.1) is 0 Å². The van der Waals surface area contributed by atoms with E-state index in [1.54, 1.807) is 0 Å². The van der Waals surface area contributed by atoms with Gasteiger partial charge in [-0.05, 0) is 17.5 Å². The van der Waals surface area contributed by atoms with Gasteiger partial charge in [-0.3, -0.25) is 9.59 Å². The first-order chi connectivity index (χ1) is 9.06. The van der Waals surface area contributed by atoms with E-state index in [-0.39, 0.29) is 5.91 Å². The normalized spacial score (nSPS) is 22.8. The summed E-state index contributed by atoms with van der Waals surface area (Å²) in [6.45, 7) is 1.77. The van der Waals surface area contributed by atoms with Crippen LogP contribution >= 0.6 is 0 Å². The molecule has 1 saturated heterocycles. The predicted molar refractivity (Wildman–Crippen MR) is 69.4 cm³/mol. The Balaban J connectivity index is 0.000000180. The number of benzene rings is 1. The van der Waals surface area contributed by atoms with E-state index in [1.807, 2.05) is 0 Å². The molecule has 0 saturated carbocycles. The molecule has 2 unspecified atom stereocenters. The standard InChI is InChI=1S/C8H13NO4.C6H4/c1-5(10)9-7-4-6(8(11)12)2-3-13-7;1-2-6-4-3-5(1)6/h6-7H,2-4H2,1H3,(H,9,10)(H,11,12);1-4H. The van der Waals surface area contributed by atoms with Crippen LogP contribution in [0.1, 0.15) is 19.8 Å². The van der Waals surface area contributed by atoms with Crippen molar-refractivity contribution in [1.29, 1.82) is 0 Å². The van der Waals surface area contributed by atoms with Gasteiger partial charge in [-0.1, -0.05) is 24.3 Å². The molecule has 102 valence electrons. The number of aliphatic carboxylic acids is 1. The highest BCUT2D eigenvalue weighted by Crippen LogP contribution is 2.29. The molecule has 3 aliphatic rings. The summed E-state index contributed by atoms with van der Waals surface area (Å²) >= 11 is 0. The quantitative estimate of drug-likeness (QED) is 0.863. The number of carbonyl (C=O) groups is 2. The zero-order chi connectivity index (χ0) is 13.8. The number of fused-ring (bicyclic) bond motifs is 1. The first kappa shape index (κ1) is 13.5. The monoisotopic (exact) mass is 263 g/mol. The molecule has 2 aliphatic carbocycles. The van der Waals surface area contributed by atoms with Gasteiger partial charge in [0.2, 0.25) is 5.91 Å². The van der Waals surface area contributed by atoms with E-state index in [0.717, 1.165) is 0 Å². The fourth-order valence-corrected chi connectivity index (χ4v) is 2.01. The molecule has 0 aromatic rings. The summed E-state index contributed by atoms with van der Waals surface area (Å²) in [5.41, 5.74) is 2.85. The molecular formula is C14H17NO4. The zero-order valence-electron chi connectivity index (χ0n) is 10.8. The van der Waals surface area contributed by atoms with Gasteiger partial charge in [0.05, 0.1) is 5.92 Å². The Kier molecular flexibility index (Phi) is 4.16. The summed E-state index contributed by atoms with van der Waals surface area (Å²) in [6, 6.07) is 8.48. The molecule has 3 rings (SSSR count). The topological polar surface area (TPSA) is 75.6 Å². The number of amides is 1. The third-order valence-electron chi connectivity index (χ3n) is 3.22. The van der Waals surface area contributed by atoms with Gasteiger partial charge in [0.25, 0.3) is 0 Å². The van der Waals surface area contributed by atoms with Crippen molar-refractivity contribution in [2.24, 2.45) is 5.92 Å². The minimum atomic E-state index is -0.821. The van der Waals surface area contributed by atoms with E-state index in [4.69, 9.17) is 9.84 Å². The van der Waals surface area contributed by atoms with E-state index in [1.165, 1.54) is 18.1 Å². The Labute approximate surface area is 111 Å². The summed E-state index contributed by atoms with van der Waals surface area (Å²) in [6.07, 6.45) is 0.438. The maximum Gasteiger partial charge on any atom is 0.306 e. The van der Waals surface area contributed by atoms with Crippen molar-refractivity contribution in [2.75, 3.05) is 6.61 Å². The van der Waals surface area contributed by atoms with Gasteiger partial charge in [-0.25, -0.2) is 0 Å². The third-order valence-corrected chi connectivity index (χ3v) is 3.22. The number of nitrogens with one attached hydrogen (secondary N) is 1. The fourth-order valence-electron chi connectivity index (χ4n) is 2.01. The maximum absolute atomic E-state index is 10.6. The average Bonchev–Trinajstić information content (AvgIpc) is 2.34. The number of hydrogen-bond donors (Lipinski definition) is 2. The lowest BCUT2D eigenvalue weighted by Gasteiger charge is -2.27. The molecule has 2 N–H and O–H groups in total. The molecule has 1 fully saturated rings. The number of hydrogen-bond acceptors (Lipinski definition) is 3. The first-order valence-corrected chi connectivity index (χ1v) is 6.28. The lowest BCUT2D eigenvalue weighted by atomic mass is 9.95. The molecule has 19 heavy (non-hydrogen) atoms. The minimum Gasteiger partial charge on any atom is -0.481 e. The second-order valence-electron chi connectivity index (χ2n) is 4.70. The number of carbonyl (C=O) groups excluding carboxylic acids is 1. The molecule has 1 heterocycles. The van der Waals surface area contributed by atoms with E-state index in [0.29, 0.717) is 19.4 Å². The van der Waals surface area contributed by atoms with Crippen LogP contribution in [0.2, 0.25) is 0 Å². The molecule has 0 aromatic heterocycles. The molecule has 2 atom stereocenters. The predicted octanol–water partition coefficient (Wildman–Crippen LogP) is 1.63. The van der Waals surface area contributed by atoms with Crippen molar-refractivity contribution in [3.8, 4) is 11.1 Å². The first-order valence-electron chi connectivity index (χ1n) is 6.28. The largest absolute Gasteiger partial charge is 0.481 e. The van der Waals surface area contributed by atoms with Crippen LogP contribution in [0.25, 0.3) is 11.1 Å². The molecular weight excluding hydrogens is 246 g/mol. The van der Waals surface area contributed by atoms with Gasteiger partial charge in [0.15, 0.2) is 0 Å². The Hall–Kier alpha value is -1.88. The molecule has 5 nitrogen and oxygen atoms in total. The van der Waals surface area contributed by atoms with E-state index >= 15 is 0 Å². The number of ether oxygens (including phenoxy) is 1. The van der Waals surface area contributed by atoms with Crippen molar-refractivity contribution in [1.82, 2.24) is 5.32 Å². The minimum absolute atomic E-state index is 0.198. The SMILES string of the molecule is CC(=O)NC1CC(C(=O)O)CCO1.c1cc2ccc1-2. The van der Waals surface area contributed by atoms with Crippen LogP contribution in [0.15, 0.2) is 24.3 Å². The van der Waals surface area contributed by atoms with Crippen LogP contribution in [0.5, 0.6) is 0 Å². The van der Waals surface area contributed by atoms with Gasteiger partial charge in [-0.2, -0.15) is 0 Å². The highest BCUT2D eigenvalue weighted by molar-refractivity contribution is 5.75.